The van der Waals surface area contributed by atoms with Gasteiger partial charge in [-0.1, -0.05) is 23.7 Å². The summed E-state index contributed by atoms with van der Waals surface area (Å²) in [5.74, 6) is 0. The molecule has 1 fully saturated rings. The fourth-order valence-corrected chi connectivity index (χ4v) is 4.03. The molecule has 1 atom stereocenters. The molecule has 0 N–H and O–H groups in total. The lowest BCUT2D eigenvalue weighted by atomic mass is 9.77. The molecule has 3 rings (SSSR count). The van der Waals surface area contributed by atoms with Crippen molar-refractivity contribution < 1.29 is 18.8 Å². The van der Waals surface area contributed by atoms with E-state index in [4.69, 9.17) is 25.6 Å². The molecular weight excluding hydrogens is 376 g/mol. The molecule has 0 bridgehead atoms. The average Bonchev–Trinajstić information content (AvgIpc) is 3.04. The summed E-state index contributed by atoms with van der Waals surface area (Å²) in [5, 5.41) is 0.677. The summed E-state index contributed by atoms with van der Waals surface area (Å²) in [6, 6.07) is 3.96. The van der Waals surface area contributed by atoms with Crippen LogP contribution in [0.1, 0.15) is 72.1 Å². The number of rotatable bonds is 2. The van der Waals surface area contributed by atoms with E-state index in [0.29, 0.717) is 5.02 Å². The Morgan fingerprint density at radius 2 is 1.79 bits per heavy atom. The predicted octanol–water partition coefficient (Wildman–Crippen LogP) is 4.49. The monoisotopic (exact) mass is 407 g/mol. The third-order valence-corrected chi connectivity index (χ3v) is 6.44. The molecule has 28 heavy (non-hydrogen) atoms. The number of amides is 1. The van der Waals surface area contributed by atoms with Crippen molar-refractivity contribution >= 4 is 30.3 Å². The lowest BCUT2D eigenvalue weighted by Gasteiger charge is -2.32. The third-order valence-electron chi connectivity index (χ3n) is 5.99. The van der Waals surface area contributed by atoms with E-state index in [9.17, 15) is 4.79 Å². The van der Waals surface area contributed by atoms with E-state index >= 15 is 0 Å². The molecule has 1 aromatic carbocycles. The number of hydrogen-bond acceptors (Lipinski definition) is 4. The van der Waals surface area contributed by atoms with E-state index in [0.717, 1.165) is 29.4 Å². The van der Waals surface area contributed by atoms with Gasteiger partial charge in [-0.3, -0.25) is 0 Å². The van der Waals surface area contributed by atoms with Crippen LogP contribution in [0, 0.1) is 0 Å². The molecular formula is C21H31BClNO4. The van der Waals surface area contributed by atoms with Gasteiger partial charge in [-0.15, -0.1) is 0 Å². The normalized spacial score (nSPS) is 22.9. The first-order chi connectivity index (χ1) is 12.7. The highest BCUT2D eigenvalue weighted by molar-refractivity contribution is 6.65. The second-order valence-electron chi connectivity index (χ2n) is 9.77. The number of carbonyl (C=O) groups is 1. The molecule has 154 valence electrons. The first-order valence-corrected chi connectivity index (χ1v) is 10.2. The molecule has 0 radical (unpaired) electrons. The van der Waals surface area contributed by atoms with Gasteiger partial charge in [0.1, 0.15) is 5.60 Å². The molecule has 1 amide bonds. The van der Waals surface area contributed by atoms with Gasteiger partial charge in [0.15, 0.2) is 0 Å². The molecule has 1 aromatic rings. The highest BCUT2D eigenvalue weighted by Crippen LogP contribution is 2.41. The van der Waals surface area contributed by atoms with Crippen molar-refractivity contribution in [3.05, 3.63) is 28.3 Å². The molecule has 1 saturated heterocycles. The molecule has 7 heteroatoms. The molecule has 5 nitrogen and oxygen atoms in total. The van der Waals surface area contributed by atoms with Crippen molar-refractivity contribution in [3.8, 4) is 0 Å². The number of nitrogens with zero attached hydrogens (tertiary/aromatic N) is 1. The summed E-state index contributed by atoms with van der Waals surface area (Å²) < 4.78 is 17.9. The zero-order chi connectivity index (χ0) is 21.1. The Morgan fingerprint density at radius 1 is 1.21 bits per heavy atom. The van der Waals surface area contributed by atoms with Crippen molar-refractivity contribution in [2.45, 2.75) is 84.2 Å². The van der Waals surface area contributed by atoms with Crippen molar-refractivity contribution in [2.24, 2.45) is 0 Å². The fraction of sp³-hybridized carbons (Fsp3) is 0.667. The lowest BCUT2D eigenvalue weighted by molar-refractivity contribution is 0.00578. The first-order valence-electron chi connectivity index (χ1n) is 9.86. The van der Waals surface area contributed by atoms with Crippen LogP contribution in [0.25, 0.3) is 0 Å². The van der Waals surface area contributed by atoms with E-state index in [2.05, 4.69) is 0 Å². The van der Waals surface area contributed by atoms with Crippen LogP contribution in [0.5, 0.6) is 0 Å². The third kappa shape index (κ3) is 3.79. The number of hydrogen-bond donors (Lipinski definition) is 0. The number of benzene rings is 1. The second kappa shape index (κ2) is 6.93. The molecule has 0 saturated carbocycles. The fourth-order valence-electron chi connectivity index (χ4n) is 3.67. The topological polar surface area (TPSA) is 48.0 Å². The van der Waals surface area contributed by atoms with Crippen LogP contribution < -0.4 is 5.46 Å². The van der Waals surface area contributed by atoms with Gasteiger partial charge in [-0.25, -0.2) is 4.79 Å². The number of carbonyl (C=O) groups excluding carboxylic acids is 1. The molecule has 0 aromatic heterocycles. The van der Waals surface area contributed by atoms with Crippen LogP contribution in [0.2, 0.25) is 5.02 Å². The maximum absolute atomic E-state index is 12.5. The molecule has 0 spiro atoms. The number of halogens is 1. The quantitative estimate of drug-likeness (QED) is 0.678. The van der Waals surface area contributed by atoms with Crippen LogP contribution in [-0.2, 0) is 20.5 Å². The summed E-state index contributed by atoms with van der Waals surface area (Å²) in [7, 11) is 1.29. The molecule has 2 aliphatic rings. The Morgan fingerprint density at radius 3 is 2.32 bits per heavy atom. The molecule has 1 aliphatic heterocycles. The van der Waals surface area contributed by atoms with Gasteiger partial charge < -0.3 is 18.9 Å². The van der Waals surface area contributed by atoms with Gasteiger partial charge in [0.25, 0.3) is 0 Å². The maximum Gasteiger partial charge on any atom is 0.496 e. The number of fused-ring (bicyclic) bond motifs is 1. The Balaban J connectivity index is 1.85. The van der Waals surface area contributed by atoms with Gasteiger partial charge in [-0.05, 0) is 72.4 Å². The van der Waals surface area contributed by atoms with Crippen LogP contribution in [-0.4, -0.2) is 42.0 Å². The average molecular weight is 408 g/mol. The Hall–Kier alpha value is -1.24. The second-order valence-corrected chi connectivity index (χ2v) is 10.1. The zero-order valence-electron chi connectivity index (χ0n) is 18.2. The van der Waals surface area contributed by atoms with E-state index in [1.165, 1.54) is 0 Å². The molecule has 1 heterocycles. The lowest BCUT2D eigenvalue weighted by Crippen LogP contribution is -2.41. The van der Waals surface area contributed by atoms with Gasteiger partial charge >= 0.3 is 13.2 Å². The van der Waals surface area contributed by atoms with Gasteiger partial charge in [0, 0.05) is 17.5 Å². The van der Waals surface area contributed by atoms with Crippen LogP contribution >= 0.6 is 11.6 Å². The minimum atomic E-state index is -0.523. The number of ether oxygens (including phenoxy) is 1. The Bertz CT molecular complexity index is 771. The summed E-state index contributed by atoms with van der Waals surface area (Å²) >= 11 is 6.78. The van der Waals surface area contributed by atoms with Crippen LogP contribution in [0.3, 0.4) is 0 Å². The summed E-state index contributed by atoms with van der Waals surface area (Å²) in [6.07, 6.45) is 1.30. The van der Waals surface area contributed by atoms with E-state index in [-0.39, 0.29) is 12.1 Å². The molecule has 1 aliphatic carbocycles. The zero-order valence-corrected chi connectivity index (χ0v) is 18.9. The minimum absolute atomic E-state index is 0.0466. The van der Waals surface area contributed by atoms with Gasteiger partial charge in [-0.2, -0.15) is 0 Å². The SMILES string of the molecule is CN(C(=O)OC(C)(C)C)C1CCc2c1ccc(B1OC(C)(C)C(C)(C)O1)c2Cl. The van der Waals surface area contributed by atoms with Crippen molar-refractivity contribution in [1.29, 1.82) is 0 Å². The van der Waals surface area contributed by atoms with Crippen LogP contribution in [0.15, 0.2) is 12.1 Å². The first kappa shape index (κ1) is 21.5. The Kier molecular flexibility index (Phi) is 5.31. The van der Waals surface area contributed by atoms with E-state index in [1.807, 2.05) is 60.6 Å². The van der Waals surface area contributed by atoms with E-state index in [1.54, 1.807) is 11.9 Å². The smallest absolute Gasteiger partial charge is 0.444 e. The predicted molar refractivity (Wildman–Crippen MR) is 112 cm³/mol. The standard InChI is InChI=1S/C21H31BClNO4/c1-19(2,3)26-18(25)24(8)16-12-10-14-13(16)9-11-15(17(14)23)22-27-20(4,5)21(6,7)28-22/h9,11,16H,10,12H2,1-8H3. The summed E-state index contributed by atoms with van der Waals surface area (Å²) in [6.45, 7) is 13.7. The van der Waals surface area contributed by atoms with Crippen LogP contribution in [0.4, 0.5) is 4.79 Å². The largest absolute Gasteiger partial charge is 0.496 e. The Labute approximate surface area is 173 Å². The van der Waals surface area contributed by atoms with Gasteiger partial charge in [0.05, 0.1) is 17.2 Å². The van der Waals surface area contributed by atoms with E-state index < -0.39 is 23.9 Å². The highest BCUT2D eigenvalue weighted by atomic mass is 35.5. The maximum atomic E-state index is 12.5. The van der Waals surface area contributed by atoms with Crippen molar-refractivity contribution in [1.82, 2.24) is 4.90 Å². The van der Waals surface area contributed by atoms with Crippen molar-refractivity contribution in [2.75, 3.05) is 7.05 Å². The molecule has 1 unspecified atom stereocenters. The van der Waals surface area contributed by atoms with Gasteiger partial charge in [0.2, 0.25) is 0 Å². The van der Waals surface area contributed by atoms with Crippen molar-refractivity contribution in [3.63, 3.8) is 0 Å². The summed E-state index contributed by atoms with van der Waals surface area (Å²) in [5.41, 5.74) is 1.62. The summed E-state index contributed by atoms with van der Waals surface area (Å²) in [4.78, 5) is 14.2. The minimum Gasteiger partial charge on any atom is -0.444 e. The highest BCUT2D eigenvalue weighted by Gasteiger charge is 2.52.